The SMILES string of the molecule is CN=C(NCCc1sc(C)nc1C)NC1CCC(NC(=O)OC(C)(C)C)CC1.I. The first-order valence-corrected chi connectivity index (χ1v) is 10.9. The maximum Gasteiger partial charge on any atom is 0.407 e. The smallest absolute Gasteiger partial charge is 0.407 e. The van der Waals surface area contributed by atoms with Crippen LogP contribution in [0.1, 0.15) is 62.0 Å². The van der Waals surface area contributed by atoms with Gasteiger partial charge in [-0.05, 0) is 60.3 Å². The normalized spacial score (nSPS) is 19.9. The molecule has 0 atom stereocenters. The largest absolute Gasteiger partial charge is 0.444 e. The first-order chi connectivity index (χ1) is 13.2. The summed E-state index contributed by atoms with van der Waals surface area (Å²) < 4.78 is 5.34. The van der Waals surface area contributed by atoms with E-state index >= 15 is 0 Å². The lowest BCUT2D eigenvalue weighted by Crippen LogP contribution is -2.48. The standard InChI is InChI=1S/C20H35N5O2S.HI/c1-13-17(28-14(2)23-13)11-12-22-18(21-6)24-15-7-9-16(10-8-15)25-19(26)27-20(3,4)5;/h15-16H,7-12H2,1-6H3,(H,25,26)(H2,21,22,24);1H. The van der Waals surface area contributed by atoms with Gasteiger partial charge >= 0.3 is 6.09 Å². The minimum atomic E-state index is -0.461. The molecule has 1 aromatic heterocycles. The molecular weight excluding hydrogens is 501 g/mol. The predicted molar refractivity (Wildman–Crippen MR) is 131 cm³/mol. The van der Waals surface area contributed by atoms with Crippen molar-refractivity contribution in [2.45, 2.75) is 84.4 Å². The Morgan fingerprint density at radius 1 is 1.17 bits per heavy atom. The van der Waals surface area contributed by atoms with E-state index in [1.165, 1.54) is 4.88 Å². The van der Waals surface area contributed by atoms with E-state index in [0.717, 1.165) is 55.3 Å². The number of hydrogen-bond donors (Lipinski definition) is 3. The highest BCUT2D eigenvalue weighted by atomic mass is 127. The van der Waals surface area contributed by atoms with Gasteiger partial charge in [-0.15, -0.1) is 35.3 Å². The molecule has 9 heteroatoms. The van der Waals surface area contributed by atoms with Crippen molar-refractivity contribution < 1.29 is 9.53 Å². The number of halogens is 1. The number of nitrogens with one attached hydrogen (secondary N) is 3. The highest BCUT2D eigenvalue weighted by molar-refractivity contribution is 14.0. The molecular formula is C20H36IN5O2S. The van der Waals surface area contributed by atoms with E-state index in [1.54, 1.807) is 18.4 Å². The van der Waals surface area contributed by atoms with Crippen LogP contribution in [-0.4, -0.2) is 48.3 Å². The molecule has 0 radical (unpaired) electrons. The summed E-state index contributed by atoms with van der Waals surface area (Å²) in [6.45, 7) is 10.6. The minimum Gasteiger partial charge on any atom is -0.444 e. The molecule has 0 aromatic carbocycles. The quantitative estimate of drug-likeness (QED) is 0.301. The molecule has 1 amide bonds. The first kappa shape index (κ1) is 25.9. The number of amides is 1. The maximum atomic E-state index is 11.9. The van der Waals surface area contributed by atoms with Gasteiger partial charge in [0.05, 0.1) is 10.7 Å². The van der Waals surface area contributed by atoms with Gasteiger partial charge in [-0.25, -0.2) is 9.78 Å². The molecule has 0 saturated heterocycles. The Kier molecular flexibility index (Phi) is 10.7. The lowest BCUT2D eigenvalue weighted by atomic mass is 9.91. The highest BCUT2D eigenvalue weighted by Crippen LogP contribution is 2.20. The number of alkyl carbamates (subject to hydrolysis) is 1. The zero-order valence-corrected chi connectivity index (χ0v) is 21.6. The molecule has 0 spiro atoms. The molecule has 29 heavy (non-hydrogen) atoms. The summed E-state index contributed by atoms with van der Waals surface area (Å²) in [5.74, 6) is 0.836. The lowest BCUT2D eigenvalue weighted by molar-refractivity contribution is 0.0490. The number of aromatic nitrogens is 1. The summed E-state index contributed by atoms with van der Waals surface area (Å²) in [6.07, 6.45) is 4.49. The van der Waals surface area contributed by atoms with Gasteiger partial charge in [-0.3, -0.25) is 4.99 Å². The third kappa shape index (κ3) is 9.50. The Morgan fingerprint density at radius 2 is 1.76 bits per heavy atom. The number of rotatable bonds is 5. The second kappa shape index (κ2) is 11.9. The molecule has 166 valence electrons. The maximum absolute atomic E-state index is 11.9. The Morgan fingerprint density at radius 3 is 2.24 bits per heavy atom. The number of thiazole rings is 1. The number of hydrogen-bond acceptors (Lipinski definition) is 5. The number of ether oxygens (including phenoxy) is 1. The number of guanidine groups is 1. The predicted octanol–water partition coefficient (Wildman–Crippen LogP) is 3.92. The summed E-state index contributed by atoms with van der Waals surface area (Å²) in [6, 6.07) is 0.552. The fourth-order valence-corrected chi connectivity index (χ4v) is 4.28. The molecule has 1 aromatic rings. The van der Waals surface area contributed by atoms with Gasteiger partial charge in [-0.1, -0.05) is 0 Å². The van der Waals surface area contributed by atoms with Crippen LogP contribution in [0, 0.1) is 13.8 Å². The summed E-state index contributed by atoms with van der Waals surface area (Å²) in [4.78, 5) is 22.1. The van der Waals surface area contributed by atoms with Crippen molar-refractivity contribution in [1.29, 1.82) is 0 Å². The zero-order chi connectivity index (χ0) is 20.7. The van der Waals surface area contributed by atoms with Gasteiger partial charge in [0.15, 0.2) is 5.96 Å². The van der Waals surface area contributed by atoms with E-state index in [0.29, 0.717) is 6.04 Å². The molecule has 7 nitrogen and oxygen atoms in total. The summed E-state index contributed by atoms with van der Waals surface area (Å²) in [7, 11) is 1.80. The molecule has 1 heterocycles. The molecule has 1 saturated carbocycles. The van der Waals surface area contributed by atoms with Gasteiger partial charge in [0.2, 0.25) is 0 Å². The van der Waals surface area contributed by atoms with Crippen LogP contribution in [0.3, 0.4) is 0 Å². The Hall–Kier alpha value is -1.10. The van der Waals surface area contributed by atoms with E-state index < -0.39 is 5.60 Å². The minimum absolute atomic E-state index is 0. The van der Waals surface area contributed by atoms with Crippen LogP contribution in [0.25, 0.3) is 0 Å². The molecule has 1 aliphatic carbocycles. The van der Waals surface area contributed by atoms with Crippen molar-refractivity contribution >= 4 is 47.4 Å². The van der Waals surface area contributed by atoms with E-state index in [4.69, 9.17) is 4.74 Å². The van der Waals surface area contributed by atoms with Crippen LogP contribution < -0.4 is 16.0 Å². The monoisotopic (exact) mass is 537 g/mol. The first-order valence-electron chi connectivity index (χ1n) is 10.1. The molecule has 0 unspecified atom stereocenters. The van der Waals surface area contributed by atoms with Crippen LogP contribution in [0.4, 0.5) is 4.79 Å². The van der Waals surface area contributed by atoms with E-state index in [2.05, 4.69) is 32.9 Å². The fourth-order valence-electron chi connectivity index (χ4n) is 3.34. The second-order valence-corrected chi connectivity index (χ2v) is 9.62. The van der Waals surface area contributed by atoms with Gasteiger partial charge in [0.25, 0.3) is 0 Å². The molecule has 3 N–H and O–H groups in total. The number of carbonyl (C=O) groups excluding carboxylic acids is 1. The van der Waals surface area contributed by atoms with E-state index in [9.17, 15) is 4.79 Å². The van der Waals surface area contributed by atoms with Crippen molar-refractivity contribution in [3.63, 3.8) is 0 Å². The van der Waals surface area contributed by atoms with Crippen molar-refractivity contribution in [2.24, 2.45) is 4.99 Å². The average Bonchev–Trinajstić information content (AvgIpc) is 2.91. The van der Waals surface area contributed by atoms with Crippen LogP contribution in [0.15, 0.2) is 4.99 Å². The van der Waals surface area contributed by atoms with Gasteiger partial charge < -0.3 is 20.7 Å². The van der Waals surface area contributed by atoms with Crippen LogP contribution in [0.2, 0.25) is 0 Å². The molecule has 1 fully saturated rings. The van der Waals surface area contributed by atoms with Crippen molar-refractivity contribution in [1.82, 2.24) is 20.9 Å². The van der Waals surface area contributed by atoms with E-state index in [1.807, 2.05) is 27.7 Å². The Balaban J connectivity index is 0.00000420. The van der Waals surface area contributed by atoms with Crippen molar-refractivity contribution in [3.05, 3.63) is 15.6 Å². The van der Waals surface area contributed by atoms with Crippen LogP contribution in [0.5, 0.6) is 0 Å². The van der Waals surface area contributed by atoms with E-state index in [-0.39, 0.29) is 36.1 Å². The molecule has 1 aliphatic rings. The Bertz CT molecular complexity index is 679. The zero-order valence-electron chi connectivity index (χ0n) is 18.4. The second-order valence-electron chi connectivity index (χ2n) is 8.33. The van der Waals surface area contributed by atoms with Crippen molar-refractivity contribution in [2.75, 3.05) is 13.6 Å². The summed E-state index contributed by atoms with van der Waals surface area (Å²) in [5.41, 5.74) is 0.667. The Labute approximate surface area is 195 Å². The molecule has 0 bridgehead atoms. The van der Waals surface area contributed by atoms with Gasteiger partial charge in [0.1, 0.15) is 5.60 Å². The summed E-state index contributed by atoms with van der Waals surface area (Å²) >= 11 is 1.76. The van der Waals surface area contributed by atoms with Crippen LogP contribution >= 0.6 is 35.3 Å². The third-order valence-electron chi connectivity index (χ3n) is 4.66. The number of aryl methyl sites for hydroxylation is 2. The lowest BCUT2D eigenvalue weighted by Gasteiger charge is -2.31. The molecule has 0 aliphatic heterocycles. The topological polar surface area (TPSA) is 87.6 Å². The third-order valence-corrected chi connectivity index (χ3v) is 5.79. The summed E-state index contributed by atoms with van der Waals surface area (Å²) in [5, 5.41) is 11.0. The number of nitrogens with zero attached hydrogens (tertiary/aromatic N) is 2. The van der Waals surface area contributed by atoms with Crippen LogP contribution in [-0.2, 0) is 11.2 Å². The molecule has 2 rings (SSSR count). The fraction of sp³-hybridized carbons (Fsp3) is 0.750. The number of carbonyl (C=O) groups is 1. The highest BCUT2D eigenvalue weighted by Gasteiger charge is 2.25. The number of aliphatic imine (C=N–C) groups is 1. The average molecular weight is 538 g/mol. The van der Waals surface area contributed by atoms with Gasteiger partial charge in [-0.2, -0.15) is 0 Å². The van der Waals surface area contributed by atoms with Gasteiger partial charge in [0, 0.05) is 37.0 Å². The van der Waals surface area contributed by atoms with Crippen molar-refractivity contribution in [3.8, 4) is 0 Å².